The van der Waals surface area contributed by atoms with Crippen LogP contribution in [0.4, 0.5) is 0 Å². The highest BCUT2D eigenvalue weighted by molar-refractivity contribution is 7.09. The van der Waals surface area contributed by atoms with Crippen LogP contribution in [0, 0.1) is 13.8 Å². The van der Waals surface area contributed by atoms with Crippen molar-refractivity contribution in [1.82, 2.24) is 10.3 Å². The summed E-state index contributed by atoms with van der Waals surface area (Å²) < 4.78 is 11.3. The molecule has 0 aliphatic rings. The Morgan fingerprint density at radius 3 is 2.59 bits per heavy atom. The number of nitrogens with one attached hydrogen (secondary N) is 1. The maximum atomic E-state index is 12.2. The van der Waals surface area contributed by atoms with Crippen LogP contribution < -0.4 is 14.8 Å². The Kier molecular flexibility index (Phi) is 6.44. The number of nitrogens with zero attached hydrogens (tertiary/aromatic N) is 1. The zero-order valence-corrected chi connectivity index (χ0v) is 16.2. The minimum absolute atomic E-state index is 0.135. The van der Waals surface area contributed by atoms with Crippen molar-refractivity contribution in [1.29, 1.82) is 0 Å². The highest BCUT2D eigenvalue weighted by atomic mass is 32.1. The number of hydrogen-bond acceptors (Lipinski definition) is 5. The first-order valence-corrected chi connectivity index (χ1v) is 9.59. The molecule has 3 rings (SSSR count). The van der Waals surface area contributed by atoms with Gasteiger partial charge in [0.05, 0.1) is 17.2 Å². The van der Waals surface area contributed by atoms with Gasteiger partial charge in [0.15, 0.2) is 0 Å². The van der Waals surface area contributed by atoms with Crippen LogP contribution in [0.5, 0.6) is 11.5 Å². The van der Waals surface area contributed by atoms with Crippen LogP contribution in [-0.2, 0) is 6.61 Å². The van der Waals surface area contributed by atoms with Gasteiger partial charge in [-0.3, -0.25) is 4.79 Å². The van der Waals surface area contributed by atoms with Crippen LogP contribution in [0.1, 0.15) is 26.6 Å². The van der Waals surface area contributed by atoms with E-state index < -0.39 is 0 Å². The van der Waals surface area contributed by atoms with Gasteiger partial charge in [0.1, 0.15) is 24.7 Å². The number of hydrogen-bond donors (Lipinski definition) is 1. The molecule has 1 N–H and O–H groups in total. The lowest BCUT2D eigenvalue weighted by Crippen LogP contribution is -2.28. The van der Waals surface area contributed by atoms with E-state index in [4.69, 9.17) is 9.47 Å². The summed E-state index contributed by atoms with van der Waals surface area (Å²) in [6.07, 6.45) is 0. The summed E-state index contributed by atoms with van der Waals surface area (Å²) in [6.45, 7) is 5.26. The molecule has 0 atom stereocenters. The highest BCUT2D eigenvalue weighted by Gasteiger charge is 2.06. The normalized spacial score (nSPS) is 10.4. The first-order chi connectivity index (χ1) is 13.1. The quantitative estimate of drug-likeness (QED) is 0.595. The molecule has 27 heavy (non-hydrogen) atoms. The van der Waals surface area contributed by atoms with E-state index in [9.17, 15) is 4.79 Å². The van der Waals surface area contributed by atoms with Crippen molar-refractivity contribution in [3.63, 3.8) is 0 Å². The topological polar surface area (TPSA) is 60.5 Å². The maximum absolute atomic E-state index is 12.2. The lowest BCUT2D eigenvalue weighted by atomic mass is 10.2. The standard InChI is InChI=1S/C21H22N2O3S/c1-15-4-3-5-20(12-15)25-11-10-22-21(24)17-6-8-19(9-7-17)26-13-18-14-27-16(2)23-18/h3-9,12,14H,10-11,13H2,1-2H3,(H,22,24). The zero-order valence-electron chi connectivity index (χ0n) is 15.4. The van der Waals surface area contributed by atoms with Gasteiger partial charge in [0.2, 0.25) is 0 Å². The second-order valence-corrected chi connectivity index (χ2v) is 7.15. The fourth-order valence-electron chi connectivity index (χ4n) is 2.47. The Morgan fingerprint density at radius 1 is 1.07 bits per heavy atom. The molecule has 0 bridgehead atoms. The predicted molar refractivity (Wildman–Crippen MR) is 107 cm³/mol. The minimum Gasteiger partial charge on any atom is -0.492 e. The molecule has 0 aliphatic carbocycles. The van der Waals surface area contributed by atoms with E-state index in [-0.39, 0.29) is 5.91 Å². The van der Waals surface area contributed by atoms with Gasteiger partial charge in [-0.1, -0.05) is 12.1 Å². The molecule has 0 radical (unpaired) electrons. The summed E-state index contributed by atoms with van der Waals surface area (Å²) in [7, 11) is 0. The molecule has 0 unspecified atom stereocenters. The van der Waals surface area contributed by atoms with Crippen LogP contribution in [0.3, 0.4) is 0 Å². The molecule has 0 saturated heterocycles. The second-order valence-electron chi connectivity index (χ2n) is 6.09. The molecule has 3 aromatic rings. The van der Waals surface area contributed by atoms with E-state index >= 15 is 0 Å². The third kappa shape index (κ3) is 5.82. The third-order valence-electron chi connectivity index (χ3n) is 3.82. The molecule has 0 aliphatic heterocycles. The molecule has 5 nitrogen and oxygen atoms in total. The molecule has 0 fully saturated rings. The van der Waals surface area contributed by atoms with Gasteiger partial charge < -0.3 is 14.8 Å². The van der Waals surface area contributed by atoms with Crippen LogP contribution in [0.15, 0.2) is 53.9 Å². The smallest absolute Gasteiger partial charge is 0.251 e. The summed E-state index contributed by atoms with van der Waals surface area (Å²) in [4.78, 5) is 16.5. The number of aryl methyl sites for hydroxylation is 2. The first kappa shape index (κ1) is 18.9. The third-order valence-corrected chi connectivity index (χ3v) is 4.64. The van der Waals surface area contributed by atoms with Crippen LogP contribution in [0.2, 0.25) is 0 Å². The fourth-order valence-corrected chi connectivity index (χ4v) is 3.07. The summed E-state index contributed by atoms with van der Waals surface area (Å²) in [5.41, 5.74) is 2.64. The largest absolute Gasteiger partial charge is 0.492 e. The number of aromatic nitrogens is 1. The monoisotopic (exact) mass is 382 g/mol. The molecular weight excluding hydrogens is 360 g/mol. The Balaban J connectivity index is 1.41. The van der Waals surface area contributed by atoms with E-state index in [2.05, 4.69) is 10.3 Å². The number of benzene rings is 2. The number of carbonyl (C=O) groups is 1. The fraction of sp³-hybridized carbons (Fsp3) is 0.238. The van der Waals surface area contributed by atoms with E-state index in [1.807, 2.05) is 43.5 Å². The first-order valence-electron chi connectivity index (χ1n) is 8.72. The van der Waals surface area contributed by atoms with Gasteiger partial charge in [0, 0.05) is 10.9 Å². The Hall–Kier alpha value is -2.86. The van der Waals surface area contributed by atoms with Crippen molar-refractivity contribution in [2.75, 3.05) is 13.2 Å². The van der Waals surface area contributed by atoms with Crippen molar-refractivity contribution < 1.29 is 14.3 Å². The molecule has 0 saturated carbocycles. The highest BCUT2D eigenvalue weighted by Crippen LogP contribution is 2.16. The van der Waals surface area contributed by atoms with Gasteiger partial charge in [-0.25, -0.2) is 4.98 Å². The van der Waals surface area contributed by atoms with E-state index in [0.717, 1.165) is 22.0 Å². The molecule has 1 aromatic heterocycles. The molecule has 1 heterocycles. The number of ether oxygens (including phenoxy) is 2. The summed E-state index contributed by atoms with van der Waals surface area (Å²) >= 11 is 1.60. The predicted octanol–water partition coefficient (Wildman–Crippen LogP) is 4.15. The second kappa shape index (κ2) is 9.19. The number of rotatable bonds is 8. The van der Waals surface area contributed by atoms with Crippen LogP contribution in [-0.4, -0.2) is 24.0 Å². The lowest BCUT2D eigenvalue weighted by Gasteiger charge is -2.09. The molecule has 2 aromatic carbocycles. The summed E-state index contributed by atoms with van der Waals surface area (Å²) in [5.74, 6) is 1.38. The maximum Gasteiger partial charge on any atom is 0.251 e. The molecule has 6 heteroatoms. The number of carbonyl (C=O) groups excluding carboxylic acids is 1. The van der Waals surface area contributed by atoms with Gasteiger partial charge in [-0.15, -0.1) is 11.3 Å². The summed E-state index contributed by atoms with van der Waals surface area (Å²) in [5, 5.41) is 5.85. The van der Waals surface area contributed by atoms with Gasteiger partial charge >= 0.3 is 0 Å². The Bertz CT molecular complexity index is 890. The van der Waals surface area contributed by atoms with E-state index in [0.29, 0.717) is 31.1 Å². The Morgan fingerprint density at radius 2 is 1.89 bits per heavy atom. The van der Waals surface area contributed by atoms with Crippen LogP contribution >= 0.6 is 11.3 Å². The van der Waals surface area contributed by atoms with E-state index in [1.54, 1.807) is 35.6 Å². The number of thiazole rings is 1. The molecule has 1 amide bonds. The van der Waals surface area contributed by atoms with Gasteiger partial charge in [-0.05, 0) is 55.8 Å². The average molecular weight is 382 g/mol. The summed E-state index contributed by atoms with van der Waals surface area (Å²) in [6, 6.07) is 14.9. The van der Waals surface area contributed by atoms with Crippen molar-refractivity contribution in [3.8, 4) is 11.5 Å². The van der Waals surface area contributed by atoms with Gasteiger partial charge in [-0.2, -0.15) is 0 Å². The van der Waals surface area contributed by atoms with Gasteiger partial charge in [0.25, 0.3) is 5.91 Å². The molecule has 140 valence electrons. The van der Waals surface area contributed by atoms with Crippen LogP contribution in [0.25, 0.3) is 0 Å². The zero-order chi connectivity index (χ0) is 19.1. The Labute approximate surface area is 163 Å². The van der Waals surface area contributed by atoms with Crippen molar-refractivity contribution in [2.24, 2.45) is 0 Å². The number of amides is 1. The average Bonchev–Trinajstić information content (AvgIpc) is 3.09. The lowest BCUT2D eigenvalue weighted by molar-refractivity contribution is 0.0947. The molecular formula is C21H22N2O3S. The SMILES string of the molecule is Cc1cccc(OCCNC(=O)c2ccc(OCc3csc(C)n3)cc2)c1. The van der Waals surface area contributed by atoms with E-state index in [1.165, 1.54) is 0 Å². The van der Waals surface area contributed by atoms with Crippen molar-refractivity contribution >= 4 is 17.2 Å². The minimum atomic E-state index is -0.135. The van der Waals surface area contributed by atoms with Crippen molar-refractivity contribution in [3.05, 3.63) is 75.7 Å². The molecule has 0 spiro atoms. The van der Waals surface area contributed by atoms with Crippen molar-refractivity contribution in [2.45, 2.75) is 20.5 Å².